The Labute approximate surface area is 99.6 Å². The van der Waals surface area contributed by atoms with Crippen molar-refractivity contribution in [2.24, 2.45) is 0 Å². The molecule has 2 aromatic rings. The van der Waals surface area contributed by atoms with Gasteiger partial charge in [0.25, 0.3) is 0 Å². The molecule has 17 heavy (non-hydrogen) atoms. The lowest BCUT2D eigenvalue weighted by Gasteiger charge is -2.29. The van der Waals surface area contributed by atoms with Gasteiger partial charge < -0.3 is 14.3 Å². The number of benzene rings is 1. The predicted molar refractivity (Wildman–Crippen MR) is 62.5 cm³/mol. The molecule has 2 heterocycles. The number of hydrogen-bond acceptors (Lipinski definition) is 3. The SMILES string of the molecule is OC(c1ccoc1)C1OCCc2ccccc21. The molecule has 1 aromatic carbocycles. The van der Waals surface area contributed by atoms with Crippen LogP contribution in [0.1, 0.15) is 28.9 Å². The van der Waals surface area contributed by atoms with E-state index in [4.69, 9.17) is 9.15 Å². The van der Waals surface area contributed by atoms with Crippen molar-refractivity contribution in [1.29, 1.82) is 0 Å². The van der Waals surface area contributed by atoms with Crippen LogP contribution in [-0.4, -0.2) is 11.7 Å². The highest BCUT2D eigenvalue weighted by Crippen LogP contribution is 2.36. The first-order valence-corrected chi connectivity index (χ1v) is 5.76. The van der Waals surface area contributed by atoms with Gasteiger partial charge in [-0.2, -0.15) is 0 Å². The lowest BCUT2D eigenvalue weighted by Crippen LogP contribution is -2.21. The van der Waals surface area contributed by atoms with Crippen molar-refractivity contribution in [2.75, 3.05) is 6.61 Å². The van der Waals surface area contributed by atoms with Crippen LogP contribution < -0.4 is 0 Å². The Balaban J connectivity index is 1.95. The second-order valence-electron chi connectivity index (χ2n) is 4.24. The highest BCUT2D eigenvalue weighted by molar-refractivity contribution is 5.33. The van der Waals surface area contributed by atoms with Crippen LogP contribution in [-0.2, 0) is 11.2 Å². The van der Waals surface area contributed by atoms with E-state index in [1.165, 1.54) is 5.56 Å². The number of aliphatic hydroxyl groups excluding tert-OH is 1. The van der Waals surface area contributed by atoms with E-state index in [1.807, 2.05) is 18.2 Å². The predicted octanol–water partition coefficient (Wildman–Crippen LogP) is 2.63. The van der Waals surface area contributed by atoms with Crippen LogP contribution in [0, 0.1) is 0 Å². The van der Waals surface area contributed by atoms with Crippen molar-refractivity contribution in [2.45, 2.75) is 18.6 Å². The second kappa shape index (κ2) is 4.35. The van der Waals surface area contributed by atoms with Gasteiger partial charge in [-0.3, -0.25) is 0 Å². The van der Waals surface area contributed by atoms with E-state index in [-0.39, 0.29) is 6.10 Å². The van der Waals surface area contributed by atoms with Crippen LogP contribution in [0.4, 0.5) is 0 Å². The molecule has 0 saturated carbocycles. The summed E-state index contributed by atoms with van der Waals surface area (Å²) in [6.45, 7) is 0.649. The lowest BCUT2D eigenvalue weighted by molar-refractivity contribution is -0.0484. The maximum atomic E-state index is 10.3. The zero-order chi connectivity index (χ0) is 11.7. The molecule has 1 aromatic heterocycles. The van der Waals surface area contributed by atoms with Gasteiger partial charge in [0.15, 0.2) is 0 Å². The minimum absolute atomic E-state index is 0.294. The van der Waals surface area contributed by atoms with Gasteiger partial charge in [0.2, 0.25) is 0 Å². The Morgan fingerprint density at radius 1 is 1.24 bits per heavy atom. The molecule has 0 saturated heterocycles. The van der Waals surface area contributed by atoms with Crippen LogP contribution in [0.25, 0.3) is 0 Å². The van der Waals surface area contributed by atoms with E-state index in [2.05, 4.69) is 6.07 Å². The van der Waals surface area contributed by atoms with Gasteiger partial charge in [-0.25, -0.2) is 0 Å². The van der Waals surface area contributed by atoms with E-state index in [1.54, 1.807) is 18.6 Å². The molecule has 0 spiro atoms. The van der Waals surface area contributed by atoms with Crippen LogP contribution in [0.3, 0.4) is 0 Å². The quantitative estimate of drug-likeness (QED) is 0.862. The molecule has 88 valence electrons. The summed E-state index contributed by atoms with van der Waals surface area (Å²) in [5.41, 5.74) is 3.09. The molecule has 0 aliphatic carbocycles. The maximum Gasteiger partial charge on any atom is 0.113 e. The number of ether oxygens (including phenoxy) is 1. The van der Waals surface area contributed by atoms with Gasteiger partial charge in [-0.1, -0.05) is 24.3 Å². The van der Waals surface area contributed by atoms with E-state index in [0.29, 0.717) is 6.61 Å². The van der Waals surface area contributed by atoms with Crippen LogP contribution in [0.5, 0.6) is 0 Å². The molecular weight excluding hydrogens is 216 g/mol. The van der Waals surface area contributed by atoms with Gasteiger partial charge >= 0.3 is 0 Å². The number of hydrogen-bond donors (Lipinski definition) is 1. The van der Waals surface area contributed by atoms with Crippen molar-refractivity contribution in [3.05, 3.63) is 59.5 Å². The Morgan fingerprint density at radius 3 is 2.94 bits per heavy atom. The summed E-state index contributed by atoms with van der Waals surface area (Å²) in [7, 11) is 0. The molecule has 3 rings (SSSR count). The zero-order valence-electron chi connectivity index (χ0n) is 9.37. The smallest absolute Gasteiger partial charge is 0.113 e. The van der Waals surface area contributed by atoms with Crippen LogP contribution >= 0.6 is 0 Å². The normalized spacial score (nSPS) is 20.9. The van der Waals surface area contributed by atoms with E-state index in [0.717, 1.165) is 17.5 Å². The number of fused-ring (bicyclic) bond motifs is 1. The lowest BCUT2D eigenvalue weighted by atomic mass is 9.92. The highest BCUT2D eigenvalue weighted by Gasteiger charge is 2.28. The van der Waals surface area contributed by atoms with E-state index in [9.17, 15) is 5.11 Å². The summed E-state index contributed by atoms with van der Waals surface area (Å²) in [4.78, 5) is 0. The van der Waals surface area contributed by atoms with Crippen LogP contribution in [0.2, 0.25) is 0 Å². The monoisotopic (exact) mass is 230 g/mol. The fourth-order valence-corrected chi connectivity index (χ4v) is 2.30. The van der Waals surface area contributed by atoms with E-state index < -0.39 is 6.10 Å². The number of aliphatic hydroxyl groups is 1. The summed E-state index contributed by atoms with van der Waals surface area (Å²) in [5.74, 6) is 0. The van der Waals surface area contributed by atoms with E-state index >= 15 is 0 Å². The van der Waals surface area contributed by atoms with Gasteiger partial charge in [0, 0.05) is 5.56 Å². The Hall–Kier alpha value is -1.58. The molecule has 2 unspecified atom stereocenters. The first kappa shape index (κ1) is 10.6. The molecular formula is C14H14O3. The summed E-state index contributed by atoms with van der Waals surface area (Å²) in [6.07, 6.45) is 3.07. The Morgan fingerprint density at radius 2 is 2.12 bits per heavy atom. The van der Waals surface area contributed by atoms with Crippen molar-refractivity contribution in [1.82, 2.24) is 0 Å². The molecule has 1 aliphatic heterocycles. The third-order valence-electron chi connectivity index (χ3n) is 3.20. The topological polar surface area (TPSA) is 42.6 Å². The van der Waals surface area contributed by atoms with Crippen molar-refractivity contribution in [3.8, 4) is 0 Å². The average molecular weight is 230 g/mol. The fraction of sp³-hybridized carbons (Fsp3) is 0.286. The Kier molecular flexibility index (Phi) is 2.71. The molecule has 1 N–H and O–H groups in total. The van der Waals surface area contributed by atoms with Gasteiger partial charge in [-0.05, 0) is 23.6 Å². The summed E-state index contributed by atoms with van der Waals surface area (Å²) >= 11 is 0. The minimum Gasteiger partial charge on any atom is -0.472 e. The molecule has 0 radical (unpaired) electrons. The van der Waals surface area contributed by atoms with Gasteiger partial charge in [0.05, 0.1) is 19.1 Å². The summed E-state index contributed by atoms with van der Waals surface area (Å²) in [6, 6.07) is 9.87. The van der Waals surface area contributed by atoms with Crippen LogP contribution in [0.15, 0.2) is 47.3 Å². The molecule has 0 fully saturated rings. The average Bonchev–Trinajstić information content (AvgIpc) is 2.91. The molecule has 0 bridgehead atoms. The van der Waals surface area contributed by atoms with Crippen molar-refractivity contribution >= 4 is 0 Å². The maximum absolute atomic E-state index is 10.3. The van der Waals surface area contributed by atoms with Crippen molar-refractivity contribution in [3.63, 3.8) is 0 Å². The third kappa shape index (κ3) is 1.88. The molecule has 3 heteroatoms. The standard InChI is InChI=1S/C14H14O3/c15-13(11-5-7-16-9-11)14-12-4-2-1-3-10(12)6-8-17-14/h1-5,7,9,13-15H,6,8H2. The minimum atomic E-state index is -0.671. The summed E-state index contributed by atoms with van der Waals surface area (Å²) < 4.78 is 10.7. The molecule has 0 amide bonds. The fourth-order valence-electron chi connectivity index (χ4n) is 2.30. The summed E-state index contributed by atoms with van der Waals surface area (Å²) in [5, 5.41) is 10.3. The Bertz CT molecular complexity index is 490. The van der Waals surface area contributed by atoms with Gasteiger partial charge in [-0.15, -0.1) is 0 Å². The van der Waals surface area contributed by atoms with Crippen molar-refractivity contribution < 1.29 is 14.3 Å². The molecule has 3 nitrogen and oxygen atoms in total. The number of furan rings is 1. The largest absolute Gasteiger partial charge is 0.472 e. The molecule has 2 atom stereocenters. The third-order valence-corrected chi connectivity index (χ3v) is 3.20. The zero-order valence-corrected chi connectivity index (χ0v) is 9.37. The molecule has 1 aliphatic rings. The number of rotatable bonds is 2. The second-order valence-corrected chi connectivity index (χ2v) is 4.24. The first-order chi connectivity index (χ1) is 8.36. The first-order valence-electron chi connectivity index (χ1n) is 5.76. The highest BCUT2D eigenvalue weighted by atomic mass is 16.5. The van der Waals surface area contributed by atoms with Gasteiger partial charge in [0.1, 0.15) is 12.2 Å².